The number of anilines is 1. The van der Waals surface area contributed by atoms with Gasteiger partial charge in [-0.2, -0.15) is 4.98 Å². The van der Waals surface area contributed by atoms with E-state index in [1.165, 1.54) is 12.3 Å². The molecule has 0 aliphatic carbocycles. The fourth-order valence-electron chi connectivity index (χ4n) is 1.71. The van der Waals surface area contributed by atoms with Gasteiger partial charge in [-0.05, 0) is 13.0 Å². The molecule has 0 aliphatic heterocycles. The average Bonchev–Trinajstić information content (AvgIpc) is 2.86. The van der Waals surface area contributed by atoms with E-state index in [-0.39, 0.29) is 11.9 Å². The van der Waals surface area contributed by atoms with Gasteiger partial charge in [-0.3, -0.25) is 0 Å². The Morgan fingerprint density at radius 1 is 1.44 bits per heavy atom. The number of oxazole rings is 1. The summed E-state index contributed by atoms with van der Waals surface area (Å²) in [6.45, 7) is 1.89. The highest BCUT2D eigenvalue weighted by Crippen LogP contribution is 2.26. The molecule has 1 aromatic carbocycles. The molecule has 0 radical (unpaired) electrons. The van der Waals surface area contributed by atoms with Crippen LogP contribution in [0, 0.1) is 5.82 Å². The first-order valence-corrected chi connectivity index (χ1v) is 6.14. The maximum Gasteiger partial charge on any atom is 0.297 e. The molecular formula is C13H14ClFN2O. The third-order valence-corrected chi connectivity index (χ3v) is 3.19. The van der Waals surface area contributed by atoms with E-state index in [0.717, 1.165) is 0 Å². The van der Waals surface area contributed by atoms with Gasteiger partial charge in [0, 0.05) is 12.6 Å². The van der Waals surface area contributed by atoms with Gasteiger partial charge in [-0.25, -0.2) is 4.39 Å². The quantitative estimate of drug-likeness (QED) is 0.791. The van der Waals surface area contributed by atoms with Crippen LogP contribution in [-0.4, -0.2) is 12.0 Å². The standard InChI is InChI=1S/C13H14ClFN2O/c1-9(11-5-3-4-6-12(11)15)17(2)13-16-10(7-14)8-18-13/h3-6,8-9H,7H2,1-2H3. The molecule has 1 aromatic heterocycles. The minimum atomic E-state index is -0.235. The molecule has 1 atom stereocenters. The number of benzene rings is 1. The summed E-state index contributed by atoms with van der Waals surface area (Å²) in [4.78, 5) is 5.98. The van der Waals surface area contributed by atoms with Crippen LogP contribution in [0.1, 0.15) is 24.2 Å². The fraction of sp³-hybridized carbons (Fsp3) is 0.308. The normalized spacial score (nSPS) is 12.4. The predicted molar refractivity (Wildman–Crippen MR) is 69.3 cm³/mol. The lowest BCUT2D eigenvalue weighted by molar-refractivity contribution is 0.515. The number of hydrogen-bond acceptors (Lipinski definition) is 3. The van der Waals surface area contributed by atoms with Crippen LogP contribution < -0.4 is 4.90 Å². The van der Waals surface area contributed by atoms with Crippen molar-refractivity contribution < 1.29 is 8.81 Å². The Labute approximate surface area is 110 Å². The maximum atomic E-state index is 13.7. The second-order valence-corrected chi connectivity index (χ2v) is 4.33. The summed E-state index contributed by atoms with van der Waals surface area (Å²) in [5.41, 5.74) is 1.27. The Bertz CT molecular complexity index is 529. The zero-order valence-electron chi connectivity index (χ0n) is 10.2. The fourth-order valence-corrected chi connectivity index (χ4v) is 1.83. The lowest BCUT2D eigenvalue weighted by atomic mass is 10.1. The summed E-state index contributed by atoms with van der Waals surface area (Å²) in [7, 11) is 1.81. The van der Waals surface area contributed by atoms with Crippen LogP contribution in [0.4, 0.5) is 10.4 Å². The number of halogens is 2. The Morgan fingerprint density at radius 2 is 2.17 bits per heavy atom. The monoisotopic (exact) mass is 268 g/mol. The minimum Gasteiger partial charge on any atom is -0.432 e. The van der Waals surface area contributed by atoms with Gasteiger partial charge in [-0.1, -0.05) is 18.2 Å². The second kappa shape index (κ2) is 5.40. The maximum absolute atomic E-state index is 13.7. The molecular weight excluding hydrogens is 255 g/mol. The highest BCUT2D eigenvalue weighted by molar-refractivity contribution is 6.16. The number of nitrogens with zero attached hydrogens (tertiary/aromatic N) is 2. The first-order chi connectivity index (χ1) is 8.63. The van der Waals surface area contributed by atoms with Crippen LogP contribution in [0.3, 0.4) is 0 Å². The molecule has 1 heterocycles. The molecule has 2 aromatic rings. The molecule has 96 valence electrons. The van der Waals surface area contributed by atoms with E-state index in [2.05, 4.69) is 4.98 Å². The zero-order valence-corrected chi connectivity index (χ0v) is 11.0. The molecule has 0 aliphatic rings. The van der Waals surface area contributed by atoms with Crippen LogP contribution in [0.2, 0.25) is 0 Å². The summed E-state index contributed by atoms with van der Waals surface area (Å²) in [5.74, 6) is 0.0618. The molecule has 0 fully saturated rings. The third kappa shape index (κ3) is 2.48. The molecule has 1 unspecified atom stereocenters. The van der Waals surface area contributed by atoms with Crippen LogP contribution in [0.25, 0.3) is 0 Å². The van der Waals surface area contributed by atoms with E-state index in [0.29, 0.717) is 23.2 Å². The SMILES string of the molecule is CC(c1ccccc1F)N(C)c1nc(CCl)co1. The molecule has 0 saturated carbocycles. The van der Waals surface area contributed by atoms with E-state index in [1.807, 2.05) is 13.0 Å². The summed E-state index contributed by atoms with van der Waals surface area (Å²) in [6, 6.07) is 6.93. The van der Waals surface area contributed by atoms with Crippen molar-refractivity contribution in [2.45, 2.75) is 18.8 Å². The molecule has 2 rings (SSSR count). The minimum absolute atomic E-state index is 0.173. The molecule has 0 spiro atoms. The van der Waals surface area contributed by atoms with Crippen molar-refractivity contribution in [1.29, 1.82) is 0 Å². The van der Waals surface area contributed by atoms with Gasteiger partial charge in [-0.15, -0.1) is 11.6 Å². The van der Waals surface area contributed by atoms with Crippen molar-refractivity contribution in [1.82, 2.24) is 4.98 Å². The van der Waals surface area contributed by atoms with E-state index in [4.69, 9.17) is 16.0 Å². The number of alkyl halides is 1. The van der Waals surface area contributed by atoms with Crippen molar-refractivity contribution in [2.24, 2.45) is 0 Å². The van der Waals surface area contributed by atoms with E-state index < -0.39 is 0 Å². The number of hydrogen-bond donors (Lipinski definition) is 0. The predicted octanol–water partition coefficient (Wildman–Crippen LogP) is 3.75. The van der Waals surface area contributed by atoms with Crippen molar-refractivity contribution in [3.63, 3.8) is 0 Å². The largest absolute Gasteiger partial charge is 0.432 e. The van der Waals surface area contributed by atoms with E-state index in [9.17, 15) is 4.39 Å². The van der Waals surface area contributed by atoms with Crippen molar-refractivity contribution >= 4 is 17.6 Å². The van der Waals surface area contributed by atoms with Crippen molar-refractivity contribution in [3.8, 4) is 0 Å². The summed E-state index contributed by atoms with van der Waals surface area (Å²) < 4.78 is 19.0. The number of rotatable bonds is 4. The van der Waals surface area contributed by atoms with Gasteiger partial charge in [0.15, 0.2) is 0 Å². The summed E-state index contributed by atoms with van der Waals surface area (Å²) >= 11 is 5.67. The van der Waals surface area contributed by atoms with Crippen LogP contribution in [0.5, 0.6) is 0 Å². The second-order valence-electron chi connectivity index (χ2n) is 4.06. The number of aromatic nitrogens is 1. The highest BCUT2D eigenvalue weighted by Gasteiger charge is 2.19. The first kappa shape index (κ1) is 12.9. The Hall–Kier alpha value is -1.55. The van der Waals surface area contributed by atoms with Crippen molar-refractivity contribution in [3.05, 3.63) is 47.6 Å². The first-order valence-electron chi connectivity index (χ1n) is 5.61. The van der Waals surface area contributed by atoms with Gasteiger partial charge in [0.2, 0.25) is 0 Å². The Balaban J connectivity index is 2.23. The van der Waals surface area contributed by atoms with E-state index in [1.54, 1.807) is 24.1 Å². The lowest BCUT2D eigenvalue weighted by Crippen LogP contribution is -2.22. The molecule has 3 nitrogen and oxygen atoms in total. The third-order valence-electron chi connectivity index (χ3n) is 2.91. The molecule has 0 amide bonds. The Kier molecular flexibility index (Phi) is 3.87. The molecule has 0 bridgehead atoms. The van der Waals surface area contributed by atoms with Gasteiger partial charge in [0.05, 0.1) is 17.6 Å². The van der Waals surface area contributed by atoms with Gasteiger partial charge in [0.1, 0.15) is 12.1 Å². The average molecular weight is 269 g/mol. The van der Waals surface area contributed by atoms with Crippen LogP contribution in [0.15, 0.2) is 34.9 Å². The van der Waals surface area contributed by atoms with Crippen LogP contribution >= 0.6 is 11.6 Å². The Morgan fingerprint density at radius 3 is 2.78 bits per heavy atom. The van der Waals surface area contributed by atoms with E-state index >= 15 is 0 Å². The smallest absolute Gasteiger partial charge is 0.297 e. The van der Waals surface area contributed by atoms with Gasteiger partial charge < -0.3 is 9.32 Å². The summed E-state index contributed by atoms with van der Waals surface area (Å²) in [5, 5.41) is 0. The zero-order chi connectivity index (χ0) is 13.1. The summed E-state index contributed by atoms with van der Waals surface area (Å²) in [6.07, 6.45) is 1.51. The molecule has 0 saturated heterocycles. The molecule has 18 heavy (non-hydrogen) atoms. The lowest BCUT2D eigenvalue weighted by Gasteiger charge is -2.23. The topological polar surface area (TPSA) is 29.3 Å². The molecule has 5 heteroatoms. The van der Waals surface area contributed by atoms with Crippen molar-refractivity contribution in [2.75, 3.05) is 11.9 Å². The molecule has 0 N–H and O–H groups in total. The highest BCUT2D eigenvalue weighted by atomic mass is 35.5. The van der Waals surface area contributed by atoms with Gasteiger partial charge >= 0.3 is 0 Å². The van der Waals surface area contributed by atoms with Crippen LogP contribution in [-0.2, 0) is 5.88 Å². The van der Waals surface area contributed by atoms with Gasteiger partial charge in [0.25, 0.3) is 6.01 Å².